The Hall–Kier alpha value is -5.12. The number of allylic oxidation sites excluding steroid dienone is 2. The van der Waals surface area contributed by atoms with Gasteiger partial charge in [0.05, 0.1) is 5.52 Å². The maximum Gasteiger partial charge on any atom is 0.160 e. The summed E-state index contributed by atoms with van der Waals surface area (Å²) < 4.78 is 8.06. The molecule has 0 bridgehead atoms. The van der Waals surface area contributed by atoms with Crippen molar-refractivity contribution in [1.82, 2.24) is 4.98 Å². The number of furan rings is 1. The number of aryl methyl sites for hydroxylation is 1. The highest BCUT2D eigenvalue weighted by Crippen LogP contribution is 2.44. The van der Waals surface area contributed by atoms with Crippen molar-refractivity contribution in [2.24, 2.45) is 0 Å². The van der Waals surface area contributed by atoms with Crippen molar-refractivity contribution in [3.05, 3.63) is 126 Å². The number of hydrogen-bond donors (Lipinski definition) is 1. The molecule has 9 aromatic rings. The predicted molar refractivity (Wildman–Crippen MR) is 238 cm³/mol. The van der Waals surface area contributed by atoms with Gasteiger partial charge in [-0.2, -0.15) is 0 Å². The second-order valence-corrected chi connectivity index (χ2v) is 12.8. The van der Waals surface area contributed by atoms with Crippen LogP contribution in [0.15, 0.2) is 120 Å². The van der Waals surface area contributed by atoms with Crippen molar-refractivity contribution < 1.29 is 4.42 Å². The molecular formula is C49H53NOS. The van der Waals surface area contributed by atoms with Crippen molar-refractivity contribution in [3.8, 4) is 11.1 Å². The predicted octanol–water partition coefficient (Wildman–Crippen LogP) is 16.7. The molecule has 0 atom stereocenters. The van der Waals surface area contributed by atoms with Gasteiger partial charge in [0.2, 0.25) is 0 Å². The van der Waals surface area contributed by atoms with E-state index in [1.165, 1.54) is 69.4 Å². The van der Waals surface area contributed by atoms with Crippen LogP contribution in [0.4, 0.5) is 0 Å². The van der Waals surface area contributed by atoms with Gasteiger partial charge in [0, 0.05) is 36.6 Å². The van der Waals surface area contributed by atoms with Gasteiger partial charge in [0.1, 0.15) is 5.58 Å². The molecule has 3 heterocycles. The molecule has 0 radical (unpaired) electrons. The lowest BCUT2D eigenvalue weighted by Crippen LogP contribution is -1.87. The molecule has 0 aliphatic heterocycles. The van der Waals surface area contributed by atoms with Crippen LogP contribution in [-0.4, -0.2) is 4.98 Å². The molecule has 1 aliphatic carbocycles. The number of hydrogen-bond acceptors (Lipinski definition) is 2. The number of nitrogens with one attached hydrogen (secondary N) is 1. The van der Waals surface area contributed by atoms with E-state index in [1.54, 1.807) is 6.08 Å². The summed E-state index contributed by atoms with van der Waals surface area (Å²) in [5, 5.41) is 11.1. The SMILES string of the molecule is C1=Cc2c(sc3cc(-c4ccc5cc6oc7c8[nH]c9ccccc9c8c8ccccc8c7c6cc5c4)ccc23)CC1.C=CC.CC.CC.CC.CC. The standard InChI is InChI=1S/C38H23NOS.C3H6.4C2H6/c1-2-9-28-27(8-1)35-29-10-3-5-11-31(29)39-37(35)38-36(28)30-18-24-17-21(13-14-22(24)19-32(30)40-38)23-15-16-26-25-7-4-6-12-33(25)41-34(26)20-23;1-3-2;4*1-2/h1-5,7-11,13-20,39H,6,12H2;3H,1H2,2H3;4*1-2H3. The van der Waals surface area contributed by atoms with Crippen LogP contribution in [0.3, 0.4) is 0 Å². The Morgan fingerprint density at radius 3 is 2.02 bits per heavy atom. The van der Waals surface area contributed by atoms with Crippen molar-refractivity contribution in [2.45, 2.75) is 75.2 Å². The molecule has 2 nitrogen and oxygen atoms in total. The van der Waals surface area contributed by atoms with E-state index in [0.717, 1.165) is 40.4 Å². The summed E-state index contributed by atoms with van der Waals surface area (Å²) in [7, 11) is 0. The number of para-hydroxylation sites is 1. The third kappa shape index (κ3) is 6.66. The van der Waals surface area contributed by atoms with Crippen molar-refractivity contribution in [3.63, 3.8) is 0 Å². The number of aromatic amines is 1. The second-order valence-electron chi connectivity index (χ2n) is 11.7. The first-order valence-electron chi connectivity index (χ1n) is 19.2. The molecule has 10 rings (SSSR count). The van der Waals surface area contributed by atoms with E-state index >= 15 is 0 Å². The molecule has 1 N–H and O–H groups in total. The maximum absolute atomic E-state index is 6.68. The largest absolute Gasteiger partial charge is 0.454 e. The summed E-state index contributed by atoms with van der Waals surface area (Å²) in [6.45, 7) is 21.2. The molecule has 0 unspecified atom stereocenters. The first-order valence-corrected chi connectivity index (χ1v) is 20.0. The molecule has 0 saturated heterocycles. The van der Waals surface area contributed by atoms with Gasteiger partial charge in [0.25, 0.3) is 0 Å². The van der Waals surface area contributed by atoms with E-state index in [2.05, 4.69) is 121 Å². The minimum Gasteiger partial charge on any atom is -0.454 e. The van der Waals surface area contributed by atoms with Crippen LogP contribution < -0.4 is 0 Å². The Bertz CT molecular complexity index is 2640. The average molecular weight is 704 g/mol. The van der Waals surface area contributed by atoms with Crippen LogP contribution in [0.1, 0.15) is 79.2 Å². The zero-order valence-corrected chi connectivity index (χ0v) is 33.2. The molecule has 6 aromatic carbocycles. The minimum absolute atomic E-state index is 0.926. The van der Waals surface area contributed by atoms with Gasteiger partial charge in [-0.05, 0) is 93.7 Å². The van der Waals surface area contributed by atoms with Crippen LogP contribution >= 0.6 is 11.3 Å². The third-order valence-electron chi connectivity index (χ3n) is 9.01. The average Bonchev–Trinajstić information content (AvgIpc) is 3.91. The van der Waals surface area contributed by atoms with Gasteiger partial charge in [-0.15, -0.1) is 17.9 Å². The van der Waals surface area contributed by atoms with Crippen molar-refractivity contribution in [2.75, 3.05) is 0 Å². The maximum atomic E-state index is 6.68. The Balaban J connectivity index is 0.000000436. The van der Waals surface area contributed by atoms with E-state index < -0.39 is 0 Å². The Labute approximate surface area is 313 Å². The number of thiophene rings is 1. The highest BCUT2D eigenvalue weighted by molar-refractivity contribution is 7.19. The molecule has 3 heteroatoms. The number of benzene rings is 6. The first-order chi connectivity index (χ1) is 25.7. The van der Waals surface area contributed by atoms with Gasteiger partial charge in [-0.1, -0.05) is 140 Å². The molecule has 0 saturated carbocycles. The van der Waals surface area contributed by atoms with E-state index in [-0.39, 0.29) is 0 Å². The lowest BCUT2D eigenvalue weighted by Gasteiger charge is -2.06. The minimum atomic E-state index is 0.926. The number of H-pyrrole nitrogens is 1. The molecule has 0 amide bonds. The fourth-order valence-corrected chi connectivity index (χ4v) is 8.35. The Kier molecular flexibility index (Phi) is 12.8. The monoisotopic (exact) mass is 703 g/mol. The summed E-state index contributed by atoms with van der Waals surface area (Å²) in [5.41, 5.74) is 8.00. The summed E-state index contributed by atoms with van der Waals surface area (Å²) in [4.78, 5) is 5.20. The molecule has 52 heavy (non-hydrogen) atoms. The van der Waals surface area contributed by atoms with Crippen LogP contribution in [0.2, 0.25) is 0 Å². The number of rotatable bonds is 1. The highest BCUT2D eigenvalue weighted by atomic mass is 32.1. The fraction of sp³-hybridized carbons (Fsp3) is 0.224. The van der Waals surface area contributed by atoms with Crippen LogP contribution in [-0.2, 0) is 6.42 Å². The lowest BCUT2D eigenvalue weighted by atomic mass is 9.96. The lowest BCUT2D eigenvalue weighted by molar-refractivity contribution is 0.672. The van der Waals surface area contributed by atoms with E-state index in [0.29, 0.717) is 0 Å². The molecular weight excluding hydrogens is 651 g/mol. The molecule has 1 aliphatic rings. The molecule has 266 valence electrons. The summed E-state index contributed by atoms with van der Waals surface area (Å²) in [6.07, 6.45) is 8.67. The molecule has 0 fully saturated rings. The van der Waals surface area contributed by atoms with E-state index in [1.807, 2.05) is 73.7 Å². The quantitative estimate of drug-likeness (QED) is 0.169. The summed E-state index contributed by atoms with van der Waals surface area (Å²) in [5.74, 6) is 0. The van der Waals surface area contributed by atoms with Gasteiger partial charge >= 0.3 is 0 Å². The zero-order valence-electron chi connectivity index (χ0n) is 32.4. The smallest absolute Gasteiger partial charge is 0.160 e. The van der Waals surface area contributed by atoms with E-state index in [9.17, 15) is 0 Å². The highest BCUT2D eigenvalue weighted by Gasteiger charge is 2.20. The van der Waals surface area contributed by atoms with E-state index in [4.69, 9.17) is 4.42 Å². The van der Waals surface area contributed by atoms with Crippen molar-refractivity contribution in [1.29, 1.82) is 0 Å². The van der Waals surface area contributed by atoms with Crippen LogP contribution in [0, 0.1) is 0 Å². The summed E-state index contributed by atoms with van der Waals surface area (Å²) in [6, 6.07) is 35.6. The number of aromatic nitrogens is 1. The normalized spacial score (nSPS) is 11.4. The molecule has 0 spiro atoms. The van der Waals surface area contributed by atoms with Crippen LogP contribution in [0.25, 0.3) is 92.6 Å². The Morgan fingerprint density at radius 2 is 1.29 bits per heavy atom. The zero-order chi connectivity index (χ0) is 37.4. The number of fused-ring (bicyclic) bond motifs is 14. The third-order valence-corrected chi connectivity index (χ3v) is 10.2. The molecule has 3 aromatic heterocycles. The van der Waals surface area contributed by atoms with Gasteiger partial charge in [-0.3, -0.25) is 0 Å². The summed E-state index contributed by atoms with van der Waals surface area (Å²) >= 11 is 1.95. The first kappa shape index (κ1) is 38.1. The van der Waals surface area contributed by atoms with Gasteiger partial charge < -0.3 is 9.40 Å². The topological polar surface area (TPSA) is 28.9 Å². The van der Waals surface area contributed by atoms with Gasteiger partial charge in [-0.25, -0.2) is 0 Å². The van der Waals surface area contributed by atoms with Crippen LogP contribution in [0.5, 0.6) is 0 Å². The fourth-order valence-electron chi connectivity index (χ4n) is 7.10. The van der Waals surface area contributed by atoms with Crippen molar-refractivity contribution >= 4 is 92.8 Å². The second kappa shape index (κ2) is 17.4. The Morgan fingerprint density at radius 1 is 0.654 bits per heavy atom. The van der Waals surface area contributed by atoms with Gasteiger partial charge in [0.15, 0.2) is 5.58 Å².